The van der Waals surface area contributed by atoms with Crippen molar-refractivity contribution >= 4 is 11.9 Å². The Balaban J connectivity index is 1.63. The zero-order valence-corrected chi connectivity index (χ0v) is 16.1. The second-order valence-corrected chi connectivity index (χ2v) is 7.50. The molecule has 0 radical (unpaired) electrons. The fourth-order valence-corrected chi connectivity index (χ4v) is 4.36. The molecular formula is C25H21FO4. The molecule has 0 amide bonds. The number of aliphatic carboxylic acids is 1. The lowest BCUT2D eigenvalue weighted by atomic mass is 9.52. The van der Waals surface area contributed by atoms with Gasteiger partial charge in [-0.2, -0.15) is 0 Å². The van der Waals surface area contributed by atoms with Crippen LogP contribution in [0.3, 0.4) is 0 Å². The second kappa shape index (κ2) is 8.49. The van der Waals surface area contributed by atoms with E-state index in [2.05, 4.69) is 0 Å². The van der Waals surface area contributed by atoms with Crippen LogP contribution in [0.15, 0.2) is 84.9 Å². The Kier molecular flexibility index (Phi) is 5.61. The molecule has 0 unspecified atom stereocenters. The third-order valence-electron chi connectivity index (χ3n) is 5.77. The average Bonchev–Trinajstić information content (AvgIpc) is 2.74. The van der Waals surface area contributed by atoms with Crippen molar-refractivity contribution in [3.05, 3.63) is 107 Å². The highest BCUT2D eigenvalue weighted by Crippen LogP contribution is 2.58. The van der Waals surface area contributed by atoms with Crippen LogP contribution in [0, 0.1) is 17.7 Å². The zero-order valence-electron chi connectivity index (χ0n) is 16.1. The van der Waals surface area contributed by atoms with E-state index in [1.54, 1.807) is 12.1 Å². The molecule has 1 aliphatic rings. The number of rotatable bonds is 6. The van der Waals surface area contributed by atoms with Crippen molar-refractivity contribution in [1.29, 1.82) is 0 Å². The second-order valence-electron chi connectivity index (χ2n) is 7.50. The van der Waals surface area contributed by atoms with Crippen molar-refractivity contribution in [2.24, 2.45) is 11.8 Å². The first kappa shape index (κ1) is 19.8. The van der Waals surface area contributed by atoms with Gasteiger partial charge in [-0.1, -0.05) is 72.8 Å². The SMILES string of the molecule is O=C(O)[C@H]1[C@@H](c2ccccc2)[C@H](C(=O)OCc2ccc(F)cc2)[C@@H]1c1ccccc1. The van der Waals surface area contributed by atoms with Gasteiger partial charge in [0.05, 0.1) is 11.8 Å². The molecule has 2 atom stereocenters. The smallest absolute Gasteiger partial charge is 0.310 e. The predicted molar refractivity (Wildman–Crippen MR) is 109 cm³/mol. The number of carbonyl (C=O) groups is 2. The van der Waals surface area contributed by atoms with Gasteiger partial charge in [-0.25, -0.2) is 4.39 Å². The van der Waals surface area contributed by atoms with E-state index in [-0.39, 0.29) is 12.4 Å². The van der Waals surface area contributed by atoms with Crippen LogP contribution in [0.4, 0.5) is 4.39 Å². The van der Waals surface area contributed by atoms with E-state index in [9.17, 15) is 19.1 Å². The summed E-state index contributed by atoms with van der Waals surface area (Å²) in [5.41, 5.74) is 2.29. The van der Waals surface area contributed by atoms with Gasteiger partial charge in [0, 0.05) is 11.8 Å². The summed E-state index contributed by atoms with van der Waals surface area (Å²) in [7, 11) is 0. The van der Waals surface area contributed by atoms with Gasteiger partial charge >= 0.3 is 11.9 Å². The first-order chi connectivity index (χ1) is 14.6. The van der Waals surface area contributed by atoms with Crippen LogP contribution in [-0.4, -0.2) is 17.0 Å². The number of carboxylic acids is 1. The topological polar surface area (TPSA) is 63.6 Å². The highest BCUT2D eigenvalue weighted by molar-refractivity contribution is 5.84. The number of halogens is 1. The number of ether oxygens (including phenoxy) is 1. The quantitative estimate of drug-likeness (QED) is 0.602. The molecule has 0 aromatic heterocycles. The Labute approximate surface area is 173 Å². The summed E-state index contributed by atoms with van der Waals surface area (Å²) in [6.45, 7) is 0.0103. The molecule has 1 aliphatic carbocycles. The van der Waals surface area contributed by atoms with Gasteiger partial charge < -0.3 is 9.84 Å². The summed E-state index contributed by atoms with van der Waals surface area (Å²) in [6.07, 6.45) is 0. The number of carboxylic acid groups (broad SMARTS) is 1. The van der Waals surface area contributed by atoms with Gasteiger partial charge in [-0.05, 0) is 28.8 Å². The Hall–Kier alpha value is -3.47. The standard InChI is InChI=1S/C25H21FO4/c26-19-13-11-16(12-14-19)15-30-25(29)23-20(17-7-3-1-4-8-17)22(24(27)28)21(23)18-9-5-2-6-10-18/h1-14,20-23H,15H2,(H,27,28)/t20-,21-,22-,23-/m1/s1. The Morgan fingerprint density at radius 1 is 0.767 bits per heavy atom. The van der Waals surface area contributed by atoms with Crippen LogP contribution in [0.25, 0.3) is 0 Å². The fourth-order valence-electron chi connectivity index (χ4n) is 4.36. The maximum Gasteiger partial charge on any atom is 0.310 e. The monoisotopic (exact) mass is 404 g/mol. The van der Waals surface area contributed by atoms with Gasteiger partial charge in [0.15, 0.2) is 0 Å². The number of esters is 1. The van der Waals surface area contributed by atoms with Crippen LogP contribution in [0.1, 0.15) is 28.5 Å². The molecule has 152 valence electrons. The predicted octanol–water partition coefficient (Wildman–Crippen LogP) is 4.77. The largest absolute Gasteiger partial charge is 0.481 e. The molecule has 3 aromatic rings. The Morgan fingerprint density at radius 2 is 1.27 bits per heavy atom. The molecule has 1 saturated carbocycles. The molecule has 0 saturated heterocycles. The molecular weight excluding hydrogens is 383 g/mol. The highest BCUT2D eigenvalue weighted by Gasteiger charge is 2.59. The third kappa shape index (κ3) is 3.83. The molecule has 1 fully saturated rings. The summed E-state index contributed by atoms with van der Waals surface area (Å²) in [4.78, 5) is 25.3. The molecule has 0 bridgehead atoms. The molecule has 0 heterocycles. The molecule has 4 nitrogen and oxygen atoms in total. The van der Waals surface area contributed by atoms with E-state index < -0.39 is 35.6 Å². The van der Waals surface area contributed by atoms with Gasteiger partial charge in [0.2, 0.25) is 0 Å². The minimum atomic E-state index is -0.930. The van der Waals surface area contributed by atoms with E-state index in [4.69, 9.17) is 4.74 Å². The fraction of sp³-hybridized carbons (Fsp3) is 0.200. The number of carbonyl (C=O) groups excluding carboxylic acids is 1. The highest BCUT2D eigenvalue weighted by atomic mass is 19.1. The van der Waals surface area contributed by atoms with Crippen molar-refractivity contribution in [2.75, 3.05) is 0 Å². The molecule has 0 aliphatic heterocycles. The molecule has 30 heavy (non-hydrogen) atoms. The van der Waals surface area contributed by atoms with E-state index in [1.807, 2.05) is 60.7 Å². The first-order valence-corrected chi connectivity index (χ1v) is 9.80. The number of hydrogen-bond donors (Lipinski definition) is 1. The van der Waals surface area contributed by atoms with Crippen molar-refractivity contribution in [3.8, 4) is 0 Å². The number of benzene rings is 3. The number of hydrogen-bond acceptors (Lipinski definition) is 3. The van der Waals surface area contributed by atoms with E-state index >= 15 is 0 Å². The van der Waals surface area contributed by atoms with E-state index in [1.165, 1.54) is 12.1 Å². The van der Waals surface area contributed by atoms with E-state index in [0.29, 0.717) is 5.56 Å². The lowest BCUT2D eigenvalue weighted by Gasteiger charge is -2.49. The van der Waals surface area contributed by atoms with Crippen LogP contribution in [0.5, 0.6) is 0 Å². The summed E-state index contributed by atoms with van der Waals surface area (Å²) in [5.74, 6) is -4.03. The molecule has 0 spiro atoms. The molecule has 1 N–H and O–H groups in total. The zero-order chi connectivity index (χ0) is 21.1. The van der Waals surface area contributed by atoms with Crippen molar-refractivity contribution in [1.82, 2.24) is 0 Å². The Bertz CT molecular complexity index is 971. The normalized spacial score (nSPS) is 22.7. The van der Waals surface area contributed by atoms with Gasteiger partial charge in [0.1, 0.15) is 12.4 Å². The average molecular weight is 404 g/mol. The molecule has 5 heteroatoms. The minimum Gasteiger partial charge on any atom is -0.481 e. The van der Waals surface area contributed by atoms with Crippen molar-refractivity contribution in [2.45, 2.75) is 18.4 Å². The van der Waals surface area contributed by atoms with Crippen LogP contribution < -0.4 is 0 Å². The maximum atomic E-state index is 13.1. The van der Waals surface area contributed by atoms with Gasteiger partial charge in [-0.15, -0.1) is 0 Å². The summed E-state index contributed by atoms with van der Waals surface area (Å²) >= 11 is 0. The van der Waals surface area contributed by atoms with E-state index in [0.717, 1.165) is 11.1 Å². The van der Waals surface area contributed by atoms with Crippen molar-refractivity contribution < 1.29 is 23.8 Å². The molecule has 4 rings (SSSR count). The summed E-state index contributed by atoms with van der Waals surface area (Å²) in [5, 5.41) is 9.94. The van der Waals surface area contributed by atoms with Gasteiger partial charge in [0.25, 0.3) is 0 Å². The third-order valence-corrected chi connectivity index (χ3v) is 5.77. The lowest BCUT2D eigenvalue weighted by Crippen LogP contribution is -2.51. The van der Waals surface area contributed by atoms with Gasteiger partial charge in [-0.3, -0.25) is 9.59 Å². The first-order valence-electron chi connectivity index (χ1n) is 9.80. The van der Waals surface area contributed by atoms with Crippen LogP contribution in [0.2, 0.25) is 0 Å². The minimum absolute atomic E-state index is 0.0103. The van der Waals surface area contributed by atoms with Crippen LogP contribution >= 0.6 is 0 Å². The Morgan fingerprint density at radius 3 is 1.73 bits per heavy atom. The van der Waals surface area contributed by atoms with Crippen LogP contribution in [-0.2, 0) is 20.9 Å². The summed E-state index contributed by atoms with van der Waals surface area (Å²) in [6, 6.07) is 24.2. The maximum absolute atomic E-state index is 13.1. The van der Waals surface area contributed by atoms with Crippen molar-refractivity contribution in [3.63, 3.8) is 0 Å². The lowest BCUT2D eigenvalue weighted by molar-refractivity contribution is -0.165. The molecule has 3 aromatic carbocycles. The summed E-state index contributed by atoms with van der Waals surface area (Å²) < 4.78 is 18.7.